The first-order valence-electron chi connectivity index (χ1n) is 11.0. The largest absolute Gasteiger partial charge is 0.356 e. The van der Waals surface area contributed by atoms with Crippen molar-refractivity contribution in [3.63, 3.8) is 0 Å². The molecule has 0 radical (unpaired) electrons. The third-order valence-corrected chi connectivity index (χ3v) is 7.50. The molecule has 1 amide bonds. The number of para-hydroxylation sites is 1. The monoisotopic (exact) mass is 482 g/mol. The fourth-order valence-corrected chi connectivity index (χ4v) is 5.48. The lowest BCUT2D eigenvalue weighted by Crippen LogP contribution is -2.33. The van der Waals surface area contributed by atoms with Crippen LogP contribution in [0, 0.1) is 0 Å². The van der Waals surface area contributed by atoms with Crippen LogP contribution in [0.4, 0.5) is 5.69 Å². The molecule has 1 atom stereocenters. The Morgan fingerprint density at radius 2 is 1.55 bits per heavy atom. The van der Waals surface area contributed by atoms with Gasteiger partial charge in [-0.2, -0.15) is 0 Å². The van der Waals surface area contributed by atoms with Crippen LogP contribution in [-0.2, 0) is 14.8 Å². The van der Waals surface area contributed by atoms with Gasteiger partial charge in [-0.15, -0.1) is 0 Å². The minimum Gasteiger partial charge on any atom is -0.356 e. The number of carbonyl (C=O) groups is 1. The van der Waals surface area contributed by atoms with E-state index in [0.29, 0.717) is 18.7 Å². The lowest BCUT2D eigenvalue weighted by Gasteiger charge is -2.24. The molecular formula is C26H30N2O3S2. The lowest BCUT2D eigenvalue weighted by atomic mass is 10.0. The zero-order chi connectivity index (χ0) is 23.7. The molecule has 1 N–H and O–H groups in total. The van der Waals surface area contributed by atoms with Gasteiger partial charge in [0.1, 0.15) is 0 Å². The summed E-state index contributed by atoms with van der Waals surface area (Å²) >= 11 is 1.52. The second-order valence-corrected chi connectivity index (χ2v) is 11.0. The Kier molecular flexibility index (Phi) is 8.97. The van der Waals surface area contributed by atoms with E-state index in [1.807, 2.05) is 84.9 Å². The van der Waals surface area contributed by atoms with Crippen molar-refractivity contribution in [3.05, 3.63) is 90.5 Å². The zero-order valence-corrected chi connectivity index (χ0v) is 20.6. The van der Waals surface area contributed by atoms with E-state index in [-0.39, 0.29) is 24.8 Å². The van der Waals surface area contributed by atoms with Gasteiger partial charge in [-0.1, -0.05) is 79.3 Å². The second-order valence-electron chi connectivity index (χ2n) is 7.94. The van der Waals surface area contributed by atoms with Crippen molar-refractivity contribution in [2.45, 2.75) is 35.5 Å². The lowest BCUT2D eigenvalue weighted by molar-refractivity contribution is -0.121. The van der Waals surface area contributed by atoms with Gasteiger partial charge in [-0.3, -0.25) is 9.10 Å². The van der Waals surface area contributed by atoms with Gasteiger partial charge in [-0.05, 0) is 42.2 Å². The van der Waals surface area contributed by atoms with E-state index in [0.717, 1.165) is 9.79 Å². The molecule has 0 aromatic heterocycles. The first kappa shape index (κ1) is 24.9. The molecule has 0 heterocycles. The number of rotatable bonds is 11. The number of amides is 1. The van der Waals surface area contributed by atoms with Crippen LogP contribution in [-0.4, -0.2) is 33.7 Å². The molecule has 0 aliphatic heterocycles. The highest BCUT2D eigenvalue weighted by atomic mass is 32.2. The van der Waals surface area contributed by atoms with E-state index in [1.54, 1.807) is 0 Å². The van der Waals surface area contributed by atoms with E-state index in [1.165, 1.54) is 27.9 Å². The smallest absolute Gasteiger partial charge is 0.232 e. The summed E-state index contributed by atoms with van der Waals surface area (Å²) in [6, 6.07) is 27.4. The predicted octanol–water partition coefficient (Wildman–Crippen LogP) is 5.30. The molecular weight excluding hydrogens is 452 g/mol. The maximum atomic E-state index is 12.6. The first-order chi connectivity index (χ1) is 15.8. The summed E-state index contributed by atoms with van der Waals surface area (Å²) in [7, 11) is -3.50. The van der Waals surface area contributed by atoms with Crippen LogP contribution in [0.5, 0.6) is 0 Å². The Bertz CT molecular complexity index is 1140. The summed E-state index contributed by atoms with van der Waals surface area (Å²) in [5.41, 5.74) is 1.81. The number of hydrogen-bond donors (Lipinski definition) is 1. The fourth-order valence-electron chi connectivity index (χ4n) is 3.47. The predicted molar refractivity (Wildman–Crippen MR) is 136 cm³/mol. The number of anilines is 1. The molecule has 5 nitrogen and oxygen atoms in total. The van der Waals surface area contributed by atoms with E-state index < -0.39 is 10.0 Å². The first-order valence-corrected chi connectivity index (χ1v) is 13.6. The van der Waals surface area contributed by atoms with Gasteiger partial charge >= 0.3 is 0 Å². The van der Waals surface area contributed by atoms with E-state index in [9.17, 15) is 13.2 Å². The van der Waals surface area contributed by atoms with Gasteiger partial charge in [0.05, 0.1) is 11.9 Å². The number of benzene rings is 3. The van der Waals surface area contributed by atoms with Crippen molar-refractivity contribution in [3.8, 4) is 0 Å². The molecule has 0 aliphatic rings. The minimum absolute atomic E-state index is 0.0711. The summed E-state index contributed by atoms with van der Waals surface area (Å²) in [6.07, 6.45) is 1.91. The van der Waals surface area contributed by atoms with E-state index >= 15 is 0 Å². The number of carbonyl (C=O) groups excluding carboxylic acids is 1. The van der Waals surface area contributed by atoms with Gasteiger partial charge in [0, 0.05) is 29.3 Å². The highest BCUT2D eigenvalue weighted by Crippen LogP contribution is 2.36. The van der Waals surface area contributed by atoms with Crippen molar-refractivity contribution in [1.82, 2.24) is 5.32 Å². The Balaban J connectivity index is 1.60. The van der Waals surface area contributed by atoms with Crippen LogP contribution in [0.25, 0.3) is 0 Å². The molecule has 0 spiro atoms. The molecule has 3 aromatic carbocycles. The molecule has 174 valence electrons. The van der Waals surface area contributed by atoms with Crippen LogP contribution >= 0.6 is 11.8 Å². The standard InChI is InChI=1S/C26H30N2O3S2/c1-21(22-12-5-3-6-13-22)20-27-26(29)18-11-19-28(33(2,30)31)24-16-9-10-17-25(24)32-23-14-7-4-8-15-23/h3-10,12-17,21H,11,18-20H2,1-2H3,(H,27,29)/t21-/m1/s1. The number of nitrogens with zero attached hydrogens (tertiary/aromatic N) is 1. The summed E-state index contributed by atoms with van der Waals surface area (Å²) in [5, 5.41) is 2.97. The van der Waals surface area contributed by atoms with E-state index in [4.69, 9.17) is 0 Å². The Hall–Kier alpha value is -2.77. The highest BCUT2D eigenvalue weighted by molar-refractivity contribution is 7.99. The molecule has 0 saturated carbocycles. The highest BCUT2D eigenvalue weighted by Gasteiger charge is 2.21. The molecule has 0 unspecified atom stereocenters. The normalized spacial score (nSPS) is 12.2. The van der Waals surface area contributed by atoms with Crippen LogP contribution in [0.3, 0.4) is 0 Å². The van der Waals surface area contributed by atoms with Gasteiger partial charge in [0.25, 0.3) is 0 Å². The minimum atomic E-state index is -3.50. The molecule has 0 bridgehead atoms. The van der Waals surface area contributed by atoms with Crippen molar-refractivity contribution >= 4 is 33.4 Å². The average Bonchev–Trinajstić information content (AvgIpc) is 2.81. The van der Waals surface area contributed by atoms with Crippen LogP contribution < -0.4 is 9.62 Å². The summed E-state index contributed by atoms with van der Waals surface area (Å²) in [4.78, 5) is 14.3. The Labute approximate surface area is 201 Å². The molecule has 33 heavy (non-hydrogen) atoms. The number of sulfonamides is 1. The summed E-state index contributed by atoms with van der Waals surface area (Å²) in [5.74, 6) is 0.141. The number of nitrogens with one attached hydrogen (secondary N) is 1. The molecule has 3 aromatic rings. The van der Waals surface area contributed by atoms with Crippen LogP contribution in [0.2, 0.25) is 0 Å². The van der Waals surface area contributed by atoms with E-state index in [2.05, 4.69) is 12.2 Å². The van der Waals surface area contributed by atoms with Gasteiger partial charge < -0.3 is 5.32 Å². The third kappa shape index (κ3) is 7.65. The summed E-state index contributed by atoms with van der Waals surface area (Å²) < 4.78 is 26.6. The van der Waals surface area contributed by atoms with Crippen molar-refractivity contribution in [2.24, 2.45) is 0 Å². The van der Waals surface area contributed by atoms with Gasteiger partial charge in [0.15, 0.2) is 0 Å². The van der Waals surface area contributed by atoms with Crippen molar-refractivity contribution in [1.29, 1.82) is 0 Å². The number of hydrogen-bond acceptors (Lipinski definition) is 4. The van der Waals surface area contributed by atoms with Crippen molar-refractivity contribution < 1.29 is 13.2 Å². The molecule has 0 saturated heterocycles. The maximum Gasteiger partial charge on any atom is 0.232 e. The third-order valence-electron chi connectivity index (χ3n) is 5.24. The zero-order valence-electron chi connectivity index (χ0n) is 19.0. The van der Waals surface area contributed by atoms with Crippen molar-refractivity contribution in [2.75, 3.05) is 23.7 Å². The summed E-state index contributed by atoms with van der Waals surface area (Å²) in [6.45, 7) is 2.87. The Morgan fingerprint density at radius 3 is 2.21 bits per heavy atom. The van der Waals surface area contributed by atoms with Crippen LogP contribution in [0.15, 0.2) is 94.7 Å². The SMILES string of the molecule is C[C@H](CNC(=O)CCCN(c1ccccc1Sc1ccccc1)S(C)(=O)=O)c1ccccc1. The van der Waals surface area contributed by atoms with Crippen LogP contribution in [0.1, 0.15) is 31.2 Å². The Morgan fingerprint density at radius 1 is 0.939 bits per heavy atom. The second kappa shape index (κ2) is 11.9. The van der Waals surface area contributed by atoms with Gasteiger partial charge in [0.2, 0.25) is 15.9 Å². The topological polar surface area (TPSA) is 66.5 Å². The molecule has 0 aliphatic carbocycles. The average molecular weight is 483 g/mol. The fraction of sp³-hybridized carbons (Fsp3) is 0.269. The van der Waals surface area contributed by atoms with Gasteiger partial charge in [-0.25, -0.2) is 8.42 Å². The molecule has 7 heteroatoms. The maximum absolute atomic E-state index is 12.6. The quantitative estimate of drug-likeness (QED) is 0.403. The molecule has 3 rings (SSSR count). The molecule has 0 fully saturated rings.